The Morgan fingerprint density at radius 2 is 2.35 bits per heavy atom. The van der Waals surface area contributed by atoms with Gasteiger partial charge in [-0.1, -0.05) is 0 Å². The summed E-state index contributed by atoms with van der Waals surface area (Å²) in [5, 5.41) is 10.7. The second kappa shape index (κ2) is 4.88. The fourth-order valence-corrected chi connectivity index (χ4v) is 1.25. The van der Waals surface area contributed by atoms with Gasteiger partial charge in [0.2, 0.25) is 0 Å². The van der Waals surface area contributed by atoms with Crippen molar-refractivity contribution in [3.63, 3.8) is 0 Å². The summed E-state index contributed by atoms with van der Waals surface area (Å²) in [5.41, 5.74) is 6.12. The predicted molar refractivity (Wildman–Crippen MR) is 61.1 cm³/mol. The normalized spacial score (nSPS) is 11.8. The van der Waals surface area contributed by atoms with Gasteiger partial charge >= 0.3 is 0 Å². The molecule has 0 saturated heterocycles. The third kappa shape index (κ3) is 2.56. The van der Waals surface area contributed by atoms with Crippen molar-refractivity contribution >= 4 is 23.1 Å². The molecule has 0 bridgehead atoms. The zero-order chi connectivity index (χ0) is 12.3. The van der Waals surface area contributed by atoms with Gasteiger partial charge in [-0.25, -0.2) is 14.1 Å². The van der Waals surface area contributed by atoms with Crippen LogP contribution in [0.5, 0.6) is 0 Å². The number of aliphatic imine (C=N–C) groups is 1. The summed E-state index contributed by atoms with van der Waals surface area (Å²) in [7, 11) is 0. The maximum Gasteiger partial charge on any atom is 0.149 e. The highest BCUT2D eigenvalue weighted by Gasteiger charge is 2.05. The lowest BCUT2D eigenvalue weighted by Crippen LogP contribution is -2.12. The number of tetrazole rings is 1. The molecule has 8 heteroatoms. The van der Waals surface area contributed by atoms with Crippen LogP contribution >= 0.6 is 11.6 Å². The third-order valence-electron chi connectivity index (χ3n) is 1.94. The average molecular weight is 255 g/mol. The Morgan fingerprint density at radius 3 is 3.00 bits per heavy atom. The molecule has 2 N–H and O–H groups in total. The van der Waals surface area contributed by atoms with Gasteiger partial charge in [-0.2, -0.15) is 0 Å². The van der Waals surface area contributed by atoms with Crippen molar-refractivity contribution in [1.29, 1.82) is 0 Å². The predicted octanol–water partition coefficient (Wildman–Crippen LogP) is 1.03. The van der Waals surface area contributed by atoms with Crippen LogP contribution in [0, 0.1) is 5.82 Å². The van der Waals surface area contributed by atoms with Crippen LogP contribution in [0.4, 0.5) is 10.1 Å². The highest BCUT2D eigenvalue weighted by molar-refractivity contribution is 6.28. The van der Waals surface area contributed by atoms with E-state index in [2.05, 4.69) is 20.5 Å². The van der Waals surface area contributed by atoms with Gasteiger partial charge < -0.3 is 5.73 Å². The van der Waals surface area contributed by atoms with Crippen molar-refractivity contribution in [2.75, 3.05) is 5.88 Å². The molecule has 0 atom stereocenters. The standard InChI is InChI=1S/C9H8ClFN6/c10-4-9(12)14-8-3-6(1-2-7(8)11)17-5-13-15-16-17/h1-3,5H,4H2,(H2,12,14). The number of benzene rings is 1. The van der Waals surface area contributed by atoms with Crippen LogP contribution in [0.3, 0.4) is 0 Å². The summed E-state index contributed by atoms with van der Waals surface area (Å²) in [4.78, 5) is 3.85. The molecule has 0 aliphatic heterocycles. The molecule has 0 amide bonds. The highest BCUT2D eigenvalue weighted by Crippen LogP contribution is 2.21. The largest absolute Gasteiger partial charge is 0.386 e. The number of aromatic nitrogens is 4. The van der Waals surface area contributed by atoms with E-state index >= 15 is 0 Å². The lowest BCUT2D eigenvalue weighted by molar-refractivity contribution is 0.629. The first-order valence-electron chi connectivity index (χ1n) is 4.62. The molecule has 88 valence electrons. The fourth-order valence-electron chi connectivity index (χ4n) is 1.19. The van der Waals surface area contributed by atoms with Gasteiger partial charge in [-0.3, -0.25) is 0 Å². The number of hydrogen-bond donors (Lipinski definition) is 1. The summed E-state index contributed by atoms with van der Waals surface area (Å²) in [6.07, 6.45) is 1.39. The Labute approximate surface area is 101 Å². The zero-order valence-electron chi connectivity index (χ0n) is 8.59. The average Bonchev–Trinajstić information content (AvgIpc) is 2.85. The van der Waals surface area contributed by atoms with Crippen molar-refractivity contribution in [3.05, 3.63) is 30.3 Å². The van der Waals surface area contributed by atoms with E-state index in [1.165, 1.54) is 29.2 Å². The first kappa shape index (κ1) is 11.5. The van der Waals surface area contributed by atoms with E-state index in [1.54, 1.807) is 0 Å². The molecule has 0 fully saturated rings. The zero-order valence-corrected chi connectivity index (χ0v) is 9.34. The number of nitrogens with zero attached hydrogens (tertiary/aromatic N) is 5. The lowest BCUT2D eigenvalue weighted by atomic mass is 10.2. The second-order valence-electron chi connectivity index (χ2n) is 3.13. The van der Waals surface area contributed by atoms with E-state index in [-0.39, 0.29) is 17.4 Å². The molecule has 0 radical (unpaired) electrons. The van der Waals surface area contributed by atoms with Crippen molar-refractivity contribution in [3.8, 4) is 5.69 Å². The molecule has 1 aromatic carbocycles. The van der Waals surface area contributed by atoms with E-state index in [0.717, 1.165) is 0 Å². The SMILES string of the molecule is NC(CCl)=Nc1cc(-n2cnnn2)ccc1F. The molecule has 1 aromatic heterocycles. The van der Waals surface area contributed by atoms with Crippen molar-refractivity contribution < 1.29 is 4.39 Å². The van der Waals surface area contributed by atoms with Gasteiger partial charge in [0.25, 0.3) is 0 Å². The van der Waals surface area contributed by atoms with Crippen LogP contribution in [0.15, 0.2) is 29.5 Å². The molecule has 0 unspecified atom stereocenters. The molecular weight excluding hydrogens is 247 g/mol. The Hall–Kier alpha value is -2.02. The van der Waals surface area contributed by atoms with Gasteiger partial charge in [0, 0.05) is 0 Å². The molecule has 0 aliphatic carbocycles. The van der Waals surface area contributed by atoms with Crippen LogP contribution in [-0.4, -0.2) is 31.9 Å². The molecule has 0 spiro atoms. The second-order valence-corrected chi connectivity index (χ2v) is 3.39. The van der Waals surface area contributed by atoms with Crippen molar-refractivity contribution in [2.24, 2.45) is 10.7 Å². The first-order chi connectivity index (χ1) is 8.20. The summed E-state index contributed by atoms with van der Waals surface area (Å²) in [6.45, 7) is 0. The molecule has 6 nitrogen and oxygen atoms in total. The van der Waals surface area contributed by atoms with Crippen LogP contribution in [0.25, 0.3) is 5.69 Å². The van der Waals surface area contributed by atoms with Crippen LogP contribution in [-0.2, 0) is 0 Å². The molecule has 1 heterocycles. The first-order valence-corrected chi connectivity index (χ1v) is 5.16. The maximum absolute atomic E-state index is 13.4. The number of hydrogen-bond acceptors (Lipinski definition) is 4. The van der Waals surface area contributed by atoms with Crippen LogP contribution in [0.1, 0.15) is 0 Å². The quantitative estimate of drug-likeness (QED) is 0.504. The summed E-state index contributed by atoms with van der Waals surface area (Å²) in [5.74, 6) is -0.316. The van der Waals surface area contributed by atoms with Crippen molar-refractivity contribution in [2.45, 2.75) is 0 Å². The number of nitrogens with two attached hydrogens (primary N) is 1. The number of halogens is 2. The highest BCUT2D eigenvalue weighted by atomic mass is 35.5. The molecule has 17 heavy (non-hydrogen) atoms. The Morgan fingerprint density at radius 1 is 1.53 bits per heavy atom. The van der Waals surface area contributed by atoms with Gasteiger partial charge in [-0.05, 0) is 28.6 Å². The Balaban J connectivity index is 2.43. The number of alkyl halides is 1. The molecular formula is C9H8ClFN6. The smallest absolute Gasteiger partial charge is 0.149 e. The molecule has 2 rings (SSSR count). The van der Waals surface area contributed by atoms with Gasteiger partial charge in [0.15, 0.2) is 0 Å². The van der Waals surface area contributed by atoms with Crippen molar-refractivity contribution in [1.82, 2.24) is 20.2 Å². The maximum atomic E-state index is 13.4. The van der Waals surface area contributed by atoms with Gasteiger partial charge in [0.05, 0.1) is 11.6 Å². The minimum absolute atomic E-state index is 0.0363. The van der Waals surface area contributed by atoms with E-state index in [9.17, 15) is 4.39 Å². The molecule has 0 saturated carbocycles. The van der Waals surface area contributed by atoms with Gasteiger partial charge in [-0.15, -0.1) is 16.7 Å². The Kier molecular flexibility index (Phi) is 3.29. The third-order valence-corrected chi connectivity index (χ3v) is 2.22. The fraction of sp³-hybridized carbons (Fsp3) is 0.111. The molecule has 2 aromatic rings. The van der Waals surface area contributed by atoms with E-state index in [4.69, 9.17) is 17.3 Å². The lowest BCUT2D eigenvalue weighted by Gasteiger charge is -2.02. The topological polar surface area (TPSA) is 82.0 Å². The summed E-state index contributed by atoms with van der Waals surface area (Å²) >= 11 is 5.48. The van der Waals surface area contributed by atoms with E-state index < -0.39 is 5.82 Å². The summed E-state index contributed by atoms with van der Waals surface area (Å²) < 4.78 is 14.8. The minimum Gasteiger partial charge on any atom is -0.386 e. The number of rotatable bonds is 3. The Bertz CT molecular complexity index is 538. The summed E-state index contributed by atoms with van der Waals surface area (Å²) in [6, 6.07) is 4.27. The van der Waals surface area contributed by atoms with Crippen LogP contribution in [0.2, 0.25) is 0 Å². The minimum atomic E-state index is -0.491. The number of amidine groups is 1. The van der Waals surface area contributed by atoms with E-state index in [0.29, 0.717) is 5.69 Å². The monoisotopic (exact) mass is 254 g/mol. The van der Waals surface area contributed by atoms with Crippen LogP contribution < -0.4 is 5.73 Å². The van der Waals surface area contributed by atoms with E-state index in [1.807, 2.05) is 0 Å². The molecule has 0 aliphatic rings. The van der Waals surface area contributed by atoms with Gasteiger partial charge in [0.1, 0.15) is 23.7 Å².